The molecule has 1 aromatic carbocycles. The summed E-state index contributed by atoms with van der Waals surface area (Å²) in [7, 11) is 0. The molecular formula is C17H23N3O2. The first-order valence-corrected chi connectivity index (χ1v) is 7.56. The number of urea groups is 1. The minimum Gasteiger partial charge on any atom is -0.336 e. The summed E-state index contributed by atoms with van der Waals surface area (Å²) in [5, 5.41) is 3.87. The number of benzene rings is 1. The van der Waals surface area contributed by atoms with Crippen LogP contribution in [0.15, 0.2) is 35.1 Å². The molecule has 0 fully saturated rings. The van der Waals surface area contributed by atoms with Crippen LogP contribution < -0.4 is 10.9 Å². The largest absolute Gasteiger partial charge is 0.336 e. The van der Waals surface area contributed by atoms with Crippen LogP contribution in [0.1, 0.15) is 33.3 Å². The van der Waals surface area contributed by atoms with Crippen LogP contribution in [-0.4, -0.2) is 28.0 Å². The SMILES string of the molecule is CC(C)NC(=O)N(Cc1cc(=O)[nH]c2ccccc12)C(C)C. The van der Waals surface area contributed by atoms with Crippen molar-refractivity contribution in [3.8, 4) is 0 Å². The number of carbonyl (C=O) groups is 1. The van der Waals surface area contributed by atoms with Crippen molar-refractivity contribution in [2.75, 3.05) is 0 Å². The third kappa shape index (κ3) is 3.67. The Labute approximate surface area is 130 Å². The minimum absolute atomic E-state index is 0.0387. The van der Waals surface area contributed by atoms with E-state index in [-0.39, 0.29) is 23.7 Å². The maximum Gasteiger partial charge on any atom is 0.318 e. The number of H-pyrrole nitrogens is 1. The fourth-order valence-electron chi connectivity index (χ4n) is 2.41. The summed E-state index contributed by atoms with van der Waals surface area (Å²) < 4.78 is 0. The van der Waals surface area contributed by atoms with Gasteiger partial charge in [0.1, 0.15) is 0 Å². The van der Waals surface area contributed by atoms with Crippen molar-refractivity contribution in [1.29, 1.82) is 0 Å². The van der Waals surface area contributed by atoms with Gasteiger partial charge in [0.05, 0.1) is 0 Å². The Bertz CT molecular complexity index is 719. The molecule has 0 saturated carbocycles. The van der Waals surface area contributed by atoms with Gasteiger partial charge in [-0.05, 0) is 39.3 Å². The van der Waals surface area contributed by atoms with E-state index in [0.29, 0.717) is 6.54 Å². The highest BCUT2D eigenvalue weighted by Crippen LogP contribution is 2.17. The molecule has 22 heavy (non-hydrogen) atoms. The summed E-state index contributed by atoms with van der Waals surface area (Å²) in [6.07, 6.45) is 0. The molecule has 2 amide bonds. The highest BCUT2D eigenvalue weighted by atomic mass is 16.2. The first-order chi connectivity index (χ1) is 10.4. The van der Waals surface area contributed by atoms with Crippen molar-refractivity contribution in [2.45, 2.75) is 46.3 Å². The van der Waals surface area contributed by atoms with Gasteiger partial charge in [-0.3, -0.25) is 4.79 Å². The molecule has 0 saturated heterocycles. The summed E-state index contributed by atoms with van der Waals surface area (Å²) in [5.74, 6) is 0. The number of hydrogen-bond donors (Lipinski definition) is 2. The van der Waals surface area contributed by atoms with Gasteiger partial charge in [0.2, 0.25) is 5.56 Å². The molecular weight excluding hydrogens is 278 g/mol. The second-order valence-electron chi connectivity index (χ2n) is 6.03. The predicted molar refractivity (Wildman–Crippen MR) is 88.9 cm³/mol. The number of rotatable bonds is 4. The van der Waals surface area contributed by atoms with Crippen molar-refractivity contribution in [1.82, 2.24) is 15.2 Å². The molecule has 5 nitrogen and oxygen atoms in total. The normalized spacial score (nSPS) is 11.2. The number of pyridine rings is 1. The monoisotopic (exact) mass is 301 g/mol. The number of amides is 2. The number of nitrogens with zero attached hydrogens (tertiary/aromatic N) is 1. The second kappa shape index (κ2) is 6.64. The molecule has 1 aromatic heterocycles. The van der Waals surface area contributed by atoms with E-state index in [4.69, 9.17) is 0 Å². The third-order valence-corrected chi connectivity index (χ3v) is 3.47. The van der Waals surface area contributed by atoms with Gasteiger partial charge in [-0.25, -0.2) is 4.79 Å². The summed E-state index contributed by atoms with van der Waals surface area (Å²) in [5.41, 5.74) is 1.49. The van der Waals surface area contributed by atoms with E-state index in [1.807, 2.05) is 52.0 Å². The maximum absolute atomic E-state index is 12.3. The average Bonchev–Trinajstić information content (AvgIpc) is 2.43. The summed E-state index contributed by atoms with van der Waals surface area (Å²) in [6.45, 7) is 8.20. The van der Waals surface area contributed by atoms with Gasteiger partial charge in [0.25, 0.3) is 0 Å². The number of aromatic nitrogens is 1. The average molecular weight is 301 g/mol. The Hall–Kier alpha value is -2.30. The van der Waals surface area contributed by atoms with Crippen molar-refractivity contribution < 1.29 is 4.79 Å². The van der Waals surface area contributed by atoms with Crippen molar-refractivity contribution in [3.05, 3.63) is 46.2 Å². The summed E-state index contributed by atoms with van der Waals surface area (Å²) in [4.78, 5) is 28.7. The van der Waals surface area contributed by atoms with E-state index in [0.717, 1.165) is 16.5 Å². The molecule has 0 aliphatic heterocycles. The Morgan fingerprint density at radius 3 is 2.55 bits per heavy atom. The fourth-order valence-corrected chi connectivity index (χ4v) is 2.41. The fraction of sp³-hybridized carbons (Fsp3) is 0.412. The van der Waals surface area contributed by atoms with Gasteiger partial charge >= 0.3 is 6.03 Å². The number of carbonyl (C=O) groups excluding carboxylic acids is 1. The topological polar surface area (TPSA) is 65.2 Å². The number of aromatic amines is 1. The quantitative estimate of drug-likeness (QED) is 0.912. The van der Waals surface area contributed by atoms with Crippen LogP contribution in [0.2, 0.25) is 0 Å². The summed E-state index contributed by atoms with van der Waals surface area (Å²) in [6, 6.07) is 9.20. The Morgan fingerprint density at radius 2 is 1.91 bits per heavy atom. The molecule has 0 aliphatic carbocycles. The van der Waals surface area contributed by atoms with Crippen LogP contribution in [0.25, 0.3) is 10.9 Å². The Morgan fingerprint density at radius 1 is 1.23 bits per heavy atom. The van der Waals surface area contributed by atoms with E-state index >= 15 is 0 Å². The highest BCUT2D eigenvalue weighted by molar-refractivity contribution is 5.82. The lowest BCUT2D eigenvalue weighted by atomic mass is 10.1. The van der Waals surface area contributed by atoms with Gasteiger partial charge in [-0.2, -0.15) is 0 Å². The molecule has 0 radical (unpaired) electrons. The standard InChI is InChI=1S/C17H23N3O2/c1-11(2)18-17(22)20(12(3)4)10-13-9-16(21)19-15-8-6-5-7-14(13)15/h5-9,11-12H,10H2,1-4H3,(H,18,22)(H,19,21). The van der Waals surface area contributed by atoms with Gasteiger partial charge in [0, 0.05) is 35.6 Å². The zero-order chi connectivity index (χ0) is 16.3. The summed E-state index contributed by atoms with van der Waals surface area (Å²) >= 11 is 0. The van der Waals surface area contributed by atoms with Crippen LogP contribution in [0.4, 0.5) is 4.79 Å². The number of fused-ring (bicyclic) bond motifs is 1. The first-order valence-electron chi connectivity index (χ1n) is 7.56. The number of hydrogen-bond acceptors (Lipinski definition) is 2. The van der Waals surface area contributed by atoms with Gasteiger partial charge < -0.3 is 15.2 Å². The Kier molecular flexibility index (Phi) is 4.85. The van der Waals surface area contributed by atoms with Crippen LogP contribution >= 0.6 is 0 Å². The lowest BCUT2D eigenvalue weighted by Gasteiger charge is -2.28. The Balaban J connectivity index is 2.38. The first kappa shape index (κ1) is 16.1. The molecule has 0 atom stereocenters. The van der Waals surface area contributed by atoms with E-state index in [1.54, 1.807) is 11.0 Å². The van der Waals surface area contributed by atoms with E-state index in [2.05, 4.69) is 10.3 Å². The van der Waals surface area contributed by atoms with Gasteiger partial charge in [0.15, 0.2) is 0 Å². The molecule has 2 rings (SSSR count). The van der Waals surface area contributed by atoms with E-state index in [1.165, 1.54) is 0 Å². The maximum atomic E-state index is 12.3. The van der Waals surface area contributed by atoms with Crippen LogP contribution in [0, 0.1) is 0 Å². The van der Waals surface area contributed by atoms with Gasteiger partial charge in [-0.15, -0.1) is 0 Å². The zero-order valence-electron chi connectivity index (χ0n) is 13.5. The lowest BCUT2D eigenvalue weighted by Crippen LogP contribution is -2.45. The molecule has 2 N–H and O–H groups in total. The lowest BCUT2D eigenvalue weighted by molar-refractivity contribution is 0.177. The second-order valence-corrected chi connectivity index (χ2v) is 6.03. The molecule has 118 valence electrons. The third-order valence-electron chi connectivity index (χ3n) is 3.47. The number of para-hydroxylation sites is 1. The molecule has 0 spiro atoms. The molecule has 0 bridgehead atoms. The molecule has 1 heterocycles. The molecule has 0 unspecified atom stereocenters. The van der Waals surface area contributed by atoms with E-state index < -0.39 is 0 Å². The highest BCUT2D eigenvalue weighted by Gasteiger charge is 2.19. The molecule has 2 aromatic rings. The molecule has 0 aliphatic rings. The van der Waals surface area contributed by atoms with Crippen LogP contribution in [-0.2, 0) is 6.54 Å². The van der Waals surface area contributed by atoms with Crippen LogP contribution in [0.5, 0.6) is 0 Å². The van der Waals surface area contributed by atoms with Crippen LogP contribution in [0.3, 0.4) is 0 Å². The van der Waals surface area contributed by atoms with E-state index in [9.17, 15) is 9.59 Å². The smallest absolute Gasteiger partial charge is 0.318 e. The van der Waals surface area contributed by atoms with Crippen molar-refractivity contribution >= 4 is 16.9 Å². The predicted octanol–water partition coefficient (Wildman–Crippen LogP) is 2.86. The number of nitrogens with one attached hydrogen (secondary N) is 2. The van der Waals surface area contributed by atoms with Gasteiger partial charge in [-0.1, -0.05) is 18.2 Å². The molecule has 5 heteroatoms. The van der Waals surface area contributed by atoms with Crippen molar-refractivity contribution in [2.24, 2.45) is 0 Å². The van der Waals surface area contributed by atoms with Crippen molar-refractivity contribution in [3.63, 3.8) is 0 Å². The minimum atomic E-state index is -0.151. The zero-order valence-corrected chi connectivity index (χ0v) is 13.5.